The number of nitrogens with one attached hydrogen (secondary N) is 1. The van der Waals surface area contributed by atoms with Gasteiger partial charge in [-0.15, -0.1) is 0 Å². The van der Waals surface area contributed by atoms with Gasteiger partial charge in [-0.1, -0.05) is 12.1 Å². The minimum absolute atomic E-state index is 0.134. The van der Waals surface area contributed by atoms with Crippen LogP contribution in [0.3, 0.4) is 0 Å². The van der Waals surface area contributed by atoms with E-state index in [1.54, 1.807) is 14.2 Å². The number of hydrogen-bond acceptors (Lipinski definition) is 5. The van der Waals surface area contributed by atoms with Crippen LogP contribution in [0, 0.1) is 0 Å². The number of benzene rings is 1. The number of piperazine rings is 1. The van der Waals surface area contributed by atoms with Gasteiger partial charge in [-0.25, -0.2) is 0 Å². The molecule has 1 aromatic carbocycles. The zero-order chi connectivity index (χ0) is 22.3. The molecule has 2 heterocycles. The molecule has 1 atom stereocenters. The first-order valence-electron chi connectivity index (χ1n) is 11.9. The van der Waals surface area contributed by atoms with E-state index >= 15 is 0 Å². The van der Waals surface area contributed by atoms with Crippen molar-refractivity contribution in [2.45, 2.75) is 57.3 Å². The van der Waals surface area contributed by atoms with Gasteiger partial charge in [-0.2, -0.15) is 0 Å². The molecule has 2 saturated heterocycles. The first-order valence-corrected chi connectivity index (χ1v) is 11.9. The van der Waals surface area contributed by atoms with Crippen molar-refractivity contribution in [1.29, 1.82) is 0 Å². The highest BCUT2D eigenvalue weighted by Crippen LogP contribution is 2.34. The molecule has 8 heteroatoms. The molecular weight excluding hydrogens is 408 g/mol. The van der Waals surface area contributed by atoms with Gasteiger partial charge in [0.25, 0.3) is 5.91 Å². The summed E-state index contributed by atoms with van der Waals surface area (Å²) < 4.78 is 17.5. The summed E-state index contributed by atoms with van der Waals surface area (Å²) in [5, 5.41) is 3.48. The molecule has 1 unspecified atom stereocenters. The molecule has 176 valence electrons. The molecule has 0 bridgehead atoms. The second-order valence-electron chi connectivity index (χ2n) is 8.69. The minimum atomic E-state index is -0.245. The molecule has 3 aliphatic rings. The lowest BCUT2D eigenvalue weighted by atomic mass is 10.1. The van der Waals surface area contributed by atoms with Crippen LogP contribution in [0.4, 0.5) is 0 Å². The van der Waals surface area contributed by atoms with Crippen LogP contribution in [0.25, 0.3) is 0 Å². The van der Waals surface area contributed by atoms with E-state index in [9.17, 15) is 4.79 Å². The number of ether oxygens (including phenoxy) is 3. The van der Waals surface area contributed by atoms with E-state index in [0.717, 1.165) is 61.8 Å². The summed E-state index contributed by atoms with van der Waals surface area (Å²) in [7, 11) is 3.48. The summed E-state index contributed by atoms with van der Waals surface area (Å²) in [6.45, 7) is 4.18. The minimum Gasteiger partial charge on any atom is -0.493 e. The van der Waals surface area contributed by atoms with E-state index in [2.05, 4.69) is 21.3 Å². The molecule has 0 radical (unpaired) electrons. The Labute approximate surface area is 190 Å². The van der Waals surface area contributed by atoms with Gasteiger partial charge in [0.05, 0.1) is 13.2 Å². The summed E-state index contributed by atoms with van der Waals surface area (Å²) in [4.78, 5) is 21.2. The maximum atomic E-state index is 12.6. The number of para-hydroxylation sites is 1. The molecule has 1 saturated carbocycles. The predicted molar refractivity (Wildman–Crippen MR) is 123 cm³/mol. The van der Waals surface area contributed by atoms with E-state index in [1.807, 2.05) is 17.0 Å². The zero-order valence-corrected chi connectivity index (χ0v) is 19.3. The van der Waals surface area contributed by atoms with Gasteiger partial charge < -0.3 is 29.3 Å². The summed E-state index contributed by atoms with van der Waals surface area (Å²) in [6.07, 6.45) is 6.48. The van der Waals surface area contributed by atoms with Crippen molar-refractivity contribution in [3.63, 3.8) is 0 Å². The van der Waals surface area contributed by atoms with Crippen molar-refractivity contribution in [3.05, 3.63) is 23.8 Å². The van der Waals surface area contributed by atoms with E-state index in [0.29, 0.717) is 26.2 Å². The quantitative estimate of drug-likeness (QED) is 0.537. The van der Waals surface area contributed by atoms with Crippen LogP contribution in [0.5, 0.6) is 11.5 Å². The van der Waals surface area contributed by atoms with Crippen molar-refractivity contribution in [3.8, 4) is 11.5 Å². The van der Waals surface area contributed by atoms with E-state index in [-0.39, 0.29) is 18.1 Å². The summed E-state index contributed by atoms with van der Waals surface area (Å²) in [5.41, 5.74) is 1.06. The highest BCUT2D eigenvalue weighted by atomic mass is 16.5. The van der Waals surface area contributed by atoms with Gasteiger partial charge in [0, 0.05) is 51.9 Å². The number of rotatable bonds is 6. The second-order valence-corrected chi connectivity index (χ2v) is 8.69. The molecule has 4 rings (SSSR count). The number of amides is 1. The number of guanidine groups is 1. The standard InChI is InChI=1S/C24H36N4O4/c1-25-24(28-14-12-27(13-15-28)23(29)21-11-6-16-31-21)26-17-18-7-5-10-20(30-2)22(18)32-19-8-3-4-9-19/h5,7,10,19,21H,3-4,6,8-9,11-17H2,1-2H3,(H,25,26). The Morgan fingerprint density at radius 1 is 1.12 bits per heavy atom. The Kier molecular flexibility index (Phi) is 7.73. The lowest BCUT2D eigenvalue weighted by Crippen LogP contribution is -2.55. The third-order valence-electron chi connectivity index (χ3n) is 6.61. The van der Waals surface area contributed by atoms with Gasteiger partial charge in [0.1, 0.15) is 6.10 Å². The first-order chi connectivity index (χ1) is 15.7. The number of aliphatic imine (C=N–C) groups is 1. The second kappa shape index (κ2) is 10.9. The largest absolute Gasteiger partial charge is 0.493 e. The van der Waals surface area contributed by atoms with Crippen molar-refractivity contribution in [2.75, 3.05) is 46.9 Å². The van der Waals surface area contributed by atoms with Crippen LogP contribution >= 0.6 is 0 Å². The van der Waals surface area contributed by atoms with E-state index < -0.39 is 0 Å². The molecule has 3 fully saturated rings. The third kappa shape index (κ3) is 5.28. The van der Waals surface area contributed by atoms with Crippen LogP contribution < -0.4 is 14.8 Å². The van der Waals surface area contributed by atoms with Crippen molar-refractivity contribution in [2.24, 2.45) is 4.99 Å². The Morgan fingerprint density at radius 3 is 2.53 bits per heavy atom. The predicted octanol–water partition coefficient (Wildman–Crippen LogP) is 2.42. The molecule has 32 heavy (non-hydrogen) atoms. The lowest BCUT2D eigenvalue weighted by molar-refractivity contribution is -0.142. The monoisotopic (exact) mass is 444 g/mol. The topological polar surface area (TPSA) is 75.6 Å². The Morgan fingerprint density at radius 2 is 1.88 bits per heavy atom. The van der Waals surface area contributed by atoms with Crippen LogP contribution in [-0.2, 0) is 16.1 Å². The molecule has 0 spiro atoms. The Bertz CT molecular complexity index is 795. The Balaban J connectivity index is 1.34. The van der Waals surface area contributed by atoms with Crippen molar-refractivity contribution < 1.29 is 19.0 Å². The van der Waals surface area contributed by atoms with Crippen molar-refractivity contribution >= 4 is 11.9 Å². The van der Waals surface area contributed by atoms with Crippen LogP contribution in [0.2, 0.25) is 0 Å². The van der Waals surface area contributed by atoms with Gasteiger partial charge in [0.2, 0.25) is 0 Å². The maximum Gasteiger partial charge on any atom is 0.251 e. The zero-order valence-electron chi connectivity index (χ0n) is 19.3. The third-order valence-corrected chi connectivity index (χ3v) is 6.61. The highest BCUT2D eigenvalue weighted by Gasteiger charge is 2.31. The fraction of sp³-hybridized carbons (Fsp3) is 0.667. The fourth-order valence-corrected chi connectivity index (χ4v) is 4.79. The molecular formula is C24H36N4O4. The van der Waals surface area contributed by atoms with E-state index in [4.69, 9.17) is 14.2 Å². The molecule has 1 aliphatic carbocycles. The smallest absolute Gasteiger partial charge is 0.251 e. The number of carbonyl (C=O) groups excluding carboxylic acids is 1. The average Bonchev–Trinajstić information content (AvgIpc) is 3.55. The molecule has 1 aromatic rings. The molecule has 1 amide bonds. The lowest BCUT2D eigenvalue weighted by Gasteiger charge is -2.37. The Hall–Kier alpha value is -2.48. The molecule has 2 aliphatic heterocycles. The number of methoxy groups -OCH3 is 1. The van der Waals surface area contributed by atoms with Gasteiger partial charge in [0.15, 0.2) is 17.5 Å². The van der Waals surface area contributed by atoms with Crippen molar-refractivity contribution in [1.82, 2.24) is 15.1 Å². The summed E-state index contributed by atoms with van der Waals surface area (Å²) in [5.74, 6) is 2.57. The number of nitrogens with zero attached hydrogens (tertiary/aromatic N) is 3. The fourth-order valence-electron chi connectivity index (χ4n) is 4.79. The average molecular weight is 445 g/mol. The molecule has 0 aromatic heterocycles. The van der Waals surface area contributed by atoms with Gasteiger partial charge in [-0.05, 0) is 44.6 Å². The number of hydrogen-bond donors (Lipinski definition) is 1. The van der Waals surface area contributed by atoms with E-state index in [1.165, 1.54) is 12.8 Å². The molecule has 1 N–H and O–H groups in total. The van der Waals surface area contributed by atoms with Crippen LogP contribution in [-0.4, -0.2) is 80.8 Å². The normalized spacial score (nSPS) is 22.3. The van der Waals surface area contributed by atoms with Gasteiger partial charge in [-0.3, -0.25) is 9.79 Å². The summed E-state index contributed by atoms with van der Waals surface area (Å²) in [6, 6.07) is 6.02. The van der Waals surface area contributed by atoms with Crippen LogP contribution in [0.15, 0.2) is 23.2 Å². The maximum absolute atomic E-state index is 12.6. The van der Waals surface area contributed by atoms with Crippen LogP contribution in [0.1, 0.15) is 44.1 Å². The first kappa shape index (κ1) is 22.7. The highest BCUT2D eigenvalue weighted by molar-refractivity contribution is 5.82. The number of carbonyl (C=O) groups is 1. The van der Waals surface area contributed by atoms with Gasteiger partial charge >= 0.3 is 0 Å². The molecule has 8 nitrogen and oxygen atoms in total. The summed E-state index contributed by atoms with van der Waals surface area (Å²) >= 11 is 0. The SMILES string of the molecule is CN=C(NCc1cccc(OC)c1OC1CCCC1)N1CCN(C(=O)C2CCCO2)CC1.